The second-order valence-electron chi connectivity index (χ2n) is 9.18. The molecule has 4 aliphatic rings. The molecule has 0 aromatic rings. The molecule has 3 heterocycles. The molecule has 0 bridgehead atoms. The molecule has 4 rings (SSSR count). The summed E-state index contributed by atoms with van der Waals surface area (Å²) in [4.78, 5) is 16.8. The molecule has 4 fully saturated rings. The second-order valence-corrected chi connectivity index (χ2v) is 9.18. The van der Waals surface area contributed by atoms with Crippen molar-refractivity contribution in [2.75, 3.05) is 39.3 Å². The van der Waals surface area contributed by atoms with Gasteiger partial charge in [0, 0.05) is 25.2 Å². The number of piperidine rings is 1. The number of halogens is 3. The van der Waals surface area contributed by atoms with Crippen LogP contribution in [0.2, 0.25) is 0 Å². The number of nitrogens with zero attached hydrogens (tertiary/aromatic N) is 3. The zero-order valence-corrected chi connectivity index (χ0v) is 15.8. The minimum atomic E-state index is -4.10. The summed E-state index contributed by atoms with van der Waals surface area (Å²) < 4.78 is 38.4. The Kier molecular flexibility index (Phi) is 5.08. The van der Waals surface area contributed by atoms with Gasteiger partial charge in [-0.2, -0.15) is 13.2 Å². The fourth-order valence-corrected chi connectivity index (χ4v) is 6.11. The lowest BCUT2D eigenvalue weighted by Crippen LogP contribution is -2.55. The number of carbonyl (C=O) groups is 1. The van der Waals surface area contributed by atoms with Crippen molar-refractivity contribution in [3.63, 3.8) is 0 Å². The Hall–Kier alpha value is -1.02. The van der Waals surface area contributed by atoms with Crippen LogP contribution >= 0.6 is 0 Å². The van der Waals surface area contributed by atoms with Gasteiger partial charge in [0.2, 0.25) is 0 Å². The van der Waals surface area contributed by atoms with Gasteiger partial charge in [-0.25, -0.2) is 4.79 Å². The van der Waals surface area contributed by atoms with Crippen molar-refractivity contribution in [1.29, 1.82) is 0 Å². The van der Waals surface area contributed by atoms with Gasteiger partial charge in [-0.05, 0) is 75.9 Å². The van der Waals surface area contributed by atoms with Gasteiger partial charge in [0.25, 0.3) is 0 Å². The van der Waals surface area contributed by atoms with Gasteiger partial charge >= 0.3 is 12.3 Å². The van der Waals surface area contributed by atoms with Crippen molar-refractivity contribution in [1.82, 2.24) is 14.7 Å². The number of hydrogen-bond donors (Lipinski definition) is 1. The first-order chi connectivity index (χ1) is 12.7. The minimum Gasteiger partial charge on any atom is -0.465 e. The number of rotatable bonds is 3. The highest BCUT2D eigenvalue weighted by atomic mass is 19.4. The largest absolute Gasteiger partial charge is 0.465 e. The van der Waals surface area contributed by atoms with E-state index >= 15 is 0 Å². The number of amides is 1. The van der Waals surface area contributed by atoms with Crippen molar-refractivity contribution in [2.45, 2.75) is 63.2 Å². The molecule has 27 heavy (non-hydrogen) atoms. The fourth-order valence-electron chi connectivity index (χ4n) is 6.11. The van der Waals surface area contributed by atoms with Gasteiger partial charge in [0.1, 0.15) is 0 Å². The fraction of sp³-hybridized carbons (Fsp3) is 0.947. The summed E-state index contributed by atoms with van der Waals surface area (Å²) in [6.45, 7) is 3.10. The van der Waals surface area contributed by atoms with Crippen molar-refractivity contribution < 1.29 is 23.1 Å². The first kappa shape index (κ1) is 19.3. The Labute approximate surface area is 158 Å². The Morgan fingerprint density at radius 2 is 1.78 bits per heavy atom. The molecule has 3 aliphatic heterocycles. The van der Waals surface area contributed by atoms with Crippen molar-refractivity contribution >= 4 is 6.09 Å². The summed E-state index contributed by atoms with van der Waals surface area (Å²) in [6, 6.07) is 0.634. The van der Waals surface area contributed by atoms with Crippen molar-refractivity contribution in [2.24, 2.45) is 11.3 Å². The van der Waals surface area contributed by atoms with E-state index in [0.717, 1.165) is 58.0 Å². The van der Waals surface area contributed by atoms with Crippen LogP contribution in [0, 0.1) is 11.3 Å². The average Bonchev–Trinajstić information content (AvgIpc) is 3.19. The number of carboxylic acid groups (broad SMARTS) is 1. The molecule has 1 spiro atoms. The normalized spacial score (nSPS) is 36.5. The molecule has 1 saturated carbocycles. The third kappa shape index (κ3) is 4.06. The standard InChI is InChI=1S/C19H30F3N3O2/c20-19(21,22)13-24-6-1-2-16(24)14-3-7-23(8-4-14)15-10-18(11-15)5-9-25(12-18)17(26)27/h14-16H,1-13H2,(H,26,27). The molecule has 154 valence electrons. The van der Waals surface area contributed by atoms with Gasteiger partial charge < -0.3 is 14.9 Å². The zero-order valence-electron chi connectivity index (χ0n) is 15.8. The van der Waals surface area contributed by atoms with Crippen molar-refractivity contribution in [3.05, 3.63) is 0 Å². The summed E-state index contributed by atoms with van der Waals surface area (Å²) in [6.07, 6.45) is 1.97. The summed E-state index contributed by atoms with van der Waals surface area (Å²) >= 11 is 0. The summed E-state index contributed by atoms with van der Waals surface area (Å²) in [7, 11) is 0. The molecular formula is C19H30F3N3O2. The summed E-state index contributed by atoms with van der Waals surface area (Å²) in [5.41, 5.74) is 0.189. The van der Waals surface area contributed by atoms with E-state index < -0.39 is 18.8 Å². The zero-order chi connectivity index (χ0) is 19.2. The number of likely N-dealkylation sites (tertiary alicyclic amines) is 3. The SMILES string of the molecule is O=C(O)N1CCC2(CC(N3CCC(C4CCCN4CC(F)(F)F)CC3)C2)C1. The van der Waals surface area contributed by atoms with E-state index in [1.165, 1.54) is 4.90 Å². The average molecular weight is 389 g/mol. The Morgan fingerprint density at radius 3 is 2.37 bits per heavy atom. The van der Waals surface area contributed by atoms with Gasteiger partial charge in [0.15, 0.2) is 0 Å². The van der Waals surface area contributed by atoms with Crippen LogP contribution in [0.1, 0.15) is 44.9 Å². The van der Waals surface area contributed by atoms with E-state index in [0.29, 0.717) is 31.6 Å². The maximum atomic E-state index is 12.8. The Balaban J connectivity index is 1.24. The topological polar surface area (TPSA) is 47.0 Å². The van der Waals surface area contributed by atoms with Crippen molar-refractivity contribution in [3.8, 4) is 0 Å². The first-order valence-electron chi connectivity index (χ1n) is 10.3. The van der Waals surface area contributed by atoms with Crippen LogP contribution in [0.5, 0.6) is 0 Å². The van der Waals surface area contributed by atoms with Gasteiger partial charge in [-0.15, -0.1) is 0 Å². The molecule has 1 atom stereocenters. The molecule has 8 heteroatoms. The lowest BCUT2D eigenvalue weighted by molar-refractivity contribution is -0.150. The molecule has 0 radical (unpaired) electrons. The quantitative estimate of drug-likeness (QED) is 0.805. The van der Waals surface area contributed by atoms with E-state index in [-0.39, 0.29) is 11.5 Å². The van der Waals surface area contributed by atoms with Gasteiger partial charge in [-0.3, -0.25) is 4.90 Å². The van der Waals surface area contributed by atoms with E-state index in [4.69, 9.17) is 5.11 Å². The molecule has 1 N–H and O–H groups in total. The smallest absolute Gasteiger partial charge is 0.407 e. The highest BCUT2D eigenvalue weighted by Gasteiger charge is 2.51. The molecule has 3 saturated heterocycles. The highest BCUT2D eigenvalue weighted by molar-refractivity contribution is 5.65. The van der Waals surface area contributed by atoms with Gasteiger partial charge in [-0.1, -0.05) is 0 Å². The number of hydrogen-bond acceptors (Lipinski definition) is 3. The van der Waals surface area contributed by atoms with E-state index in [1.54, 1.807) is 4.90 Å². The second kappa shape index (κ2) is 7.10. The van der Waals surface area contributed by atoms with Crippen LogP contribution in [-0.4, -0.2) is 83.4 Å². The van der Waals surface area contributed by atoms with E-state index in [9.17, 15) is 18.0 Å². The molecule has 5 nitrogen and oxygen atoms in total. The molecule has 1 amide bonds. The Morgan fingerprint density at radius 1 is 1.07 bits per heavy atom. The van der Waals surface area contributed by atoms with Crippen LogP contribution in [-0.2, 0) is 0 Å². The van der Waals surface area contributed by atoms with E-state index in [1.807, 2.05) is 0 Å². The predicted molar refractivity (Wildman–Crippen MR) is 94.6 cm³/mol. The highest BCUT2D eigenvalue weighted by Crippen LogP contribution is 2.50. The monoisotopic (exact) mass is 389 g/mol. The van der Waals surface area contributed by atoms with Gasteiger partial charge in [0.05, 0.1) is 6.54 Å². The predicted octanol–water partition coefficient (Wildman–Crippen LogP) is 3.26. The number of alkyl halides is 3. The molecule has 0 aromatic heterocycles. The molecule has 1 aliphatic carbocycles. The molecule has 1 unspecified atom stereocenters. The van der Waals surface area contributed by atoms with Crippen LogP contribution < -0.4 is 0 Å². The van der Waals surface area contributed by atoms with Crippen LogP contribution in [0.25, 0.3) is 0 Å². The Bertz CT molecular complexity index is 557. The summed E-state index contributed by atoms with van der Waals surface area (Å²) in [5, 5.41) is 9.15. The third-order valence-electron chi connectivity index (χ3n) is 7.48. The summed E-state index contributed by atoms with van der Waals surface area (Å²) in [5.74, 6) is 0.383. The lowest BCUT2D eigenvalue weighted by Gasteiger charge is -2.52. The molecule has 0 aromatic carbocycles. The van der Waals surface area contributed by atoms with Crippen LogP contribution in [0.15, 0.2) is 0 Å². The lowest BCUT2D eigenvalue weighted by atomic mass is 9.64. The van der Waals surface area contributed by atoms with Crippen LogP contribution in [0.4, 0.5) is 18.0 Å². The maximum Gasteiger partial charge on any atom is 0.407 e. The third-order valence-corrected chi connectivity index (χ3v) is 7.48. The molecular weight excluding hydrogens is 359 g/mol. The minimum absolute atomic E-state index is 0.0977. The first-order valence-corrected chi connectivity index (χ1v) is 10.3. The maximum absolute atomic E-state index is 12.8. The van der Waals surface area contributed by atoms with Crippen LogP contribution in [0.3, 0.4) is 0 Å². The van der Waals surface area contributed by atoms with E-state index in [2.05, 4.69) is 4.90 Å².